The van der Waals surface area contributed by atoms with E-state index in [2.05, 4.69) is 66.2 Å². The molecule has 1 aromatic carbocycles. The number of rotatable bonds is 5. The topological polar surface area (TPSA) is 27.7 Å². The summed E-state index contributed by atoms with van der Waals surface area (Å²) in [6, 6.07) is 10.8. The molecule has 2 unspecified atom stereocenters. The van der Waals surface area contributed by atoms with E-state index in [4.69, 9.17) is 4.74 Å². The van der Waals surface area contributed by atoms with Crippen molar-refractivity contribution >= 4 is 0 Å². The molecule has 0 spiro atoms. The average molecular weight is 317 g/mol. The quantitative estimate of drug-likeness (QED) is 0.898. The summed E-state index contributed by atoms with van der Waals surface area (Å²) < 4.78 is 6.16. The Morgan fingerprint density at radius 1 is 1.00 bits per heavy atom. The highest BCUT2D eigenvalue weighted by molar-refractivity contribution is 5.14. The van der Waals surface area contributed by atoms with Crippen molar-refractivity contribution in [3.63, 3.8) is 0 Å². The summed E-state index contributed by atoms with van der Waals surface area (Å²) in [5.74, 6) is 0. The standard InChI is InChI=1S/C19H31N3O/c1-19(2,3)20-9-10-21-12-17-14-22(15-18(13-21)23-17)11-16-7-5-4-6-8-16/h4-8,17-18,20H,9-15H2,1-3H3. The summed E-state index contributed by atoms with van der Waals surface area (Å²) in [6.07, 6.45) is 0.724. The van der Waals surface area contributed by atoms with Gasteiger partial charge in [-0.25, -0.2) is 0 Å². The van der Waals surface area contributed by atoms with Gasteiger partial charge in [-0.1, -0.05) is 30.3 Å². The lowest BCUT2D eigenvalue weighted by atomic mass is 10.1. The first-order chi connectivity index (χ1) is 11.0. The van der Waals surface area contributed by atoms with Crippen LogP contribution in [0.25, 0.3) is 0 Å². The molecule has 4 nitrogen and oxygen atoms in total. The van der Waals surface area contributed by atoms with Gasteiger partial charge in [0.1, 0.15) is 0 Å². The van der Waals surface area contributed by atoms with Crippen LogP contribution in [0.1, 0.15) is 26.3 Å². The van der Waals surface area contributed by atoms with Crippen molar-refractivity contribution in [2.24, 2.45) is 0 Å². The second-order valence-corrected chi connectivity index (χ2v) is 8.00. The number of nitrogens with one attached hydrogen (secondary N) is 1. The fourth-order valence-electron chi connectivity index (χ4n) is 3.60. The Morgan fingerprint density at radius 2 is 1.61 bits per heavy atom. The predicted molar refractivity (Wildman–Crippen MR) is 94.6 cm³/mol. The zero-order valence-corrected chi connectivity index (χ0v) is 14.8. The molecule has 0 aliphatic carbocycles. The van der Waals surface area contributed by atoms with Crippen LogP contribution in [0.5, 0.6) is 0 Å². The summed E-state index contributed by atoms with van der Waals surface area (Å²) in [5, 5.41) is 3.58. The number of fused-ring (bicyclic) bond motifs is 2. The second kappa shape index (κ2) is 7.31. The van der Waals surface area contributed by atoms with Crippen LogP contribution in [0, 0.1) is 0 Å². The normalized spacial score (nSPS) is 26.4. The van der Waals surface area contributed by atoms with Crippen LogP contribution in [-0.2, 0) is 11.3 Å². The molecule has 0 saturated carbocycles. The van der Waals surface area contributed by atoms with Crippen LogP contribution >= 0.6 is 0 Å². The Kier molecular flexibility index (Phi) is 5.37. The van der Waals surface area contributed by atoms with E-state index in [0.29, 0.717) is 12.2 Å². The van der Waals surface area contributed by atoms with E-state index in [9.17, 15) is 0 Å². The van der Waals surface area contributed by atoms with Gasteiger partial charge < -0.3 is 10.1 Å². The van der Waals surface area contributed by atoms with E-state index < -0.39 is 0 Å². The van der Waals surface area contributed by atoms with E-state index in [1.54, 1.807) is 0 Å². The maximum Gasteiger partial charge on any atom is 0.0833 e. The third-order valence-corrected chi connectivity index (χ3v) is 4.56. The van der Waals surface area contributed by atoms with Gasteiger partial charge in [-0.05, 0) is 26.3 Å². The molecule has 3 rings (SSSR count). The summed E-state index contributed by atoms with van der Waals surface area (Å²) in [7, 11) is 0. The zero-order valence-electron chi connectivity index (χ0n) is 14.8. The molecule has 2 heterocycles. The minimum Gasteiger partial charge on any atom is -0.370 e. The first kappa shape index (κ1) is 16.9. The van der Waals surface area contributed by atoms with Gasteiger partial charge in [0.05, 0.1) is 12.2 Å². The van der Waals surface area contributed by atoms with E-state index in [1.807, 2.05) is 0 Å². The first-order valence-electron chi connectivity index (χ1n) is 8.87. The summed E-state index contributed by atoms with van der Waals surface area (Å²) in [5.41, 5.74) is 1.60. The molecule has 2 aliphatic rings. The Balaban J connectivity index is 1.46. The molecule has 2 fully saturated rings. The van der Waals surface area contributed by atoms with Crippen molar-refractivity contribution in [3.8, 4) is 0 Å². The molecule has 4 heteroatoms. The molecule has 2 bridgehead atoms. The van der Waals surface area contributed by atoms with Crippen molar-refractivity contribution in [3.05, 3.63) is 35.9 Å². The number of hydrogen-bond acceptors (Lipinski definition) is 4. The maximum atomic E-state index is 6.16. The van der Waals surface area contributed by atoms with Crippen molar-refractivity contribution in [2.45, 2.75) is 45.1 Å². The smallest absolute Gasteiger partial charge is 0.0833 e. The fourth-order valence-corrected chi connectivity index (χ4v) is 3.60. The van der Waals surface area contributed by atoms with Crippen LogP contribution in [0.2, 0.25) is 0 Å². The molecule has 0 amide bonds. The van der Waals surface area contributed by atoms with E-state index in [1.165, 1.54) is 5.56 Å². The van der Waals surface area contributed by atoms with Crippen molar-refractivity contribution in [1.29, 1.82) is 0 Å². The van der Waals surface area contributed by atoms with Gasteiger partial charge >= 0.3 is 0 Å². The highest BCUT2D eigenvalue weighted by Gasteiger charge is 2.34. The van der Waals surface area contributed by atoms with Crippen LogP contribution in [0.3, 0.4) is 0 Å². The van der Waals surface area contributed by atoms with Gasteiger partial charge in [-0.15, -0.1) is 0 Å². The fraction of sp³-hybridized carbons (Fsp3) is 0.684. The predicted octanol–water partition coefficient (Wildman–Crippen LogP) is 1.96. The van der Waals surface area contributed by atoms with Gasteiger partial charge in [0.15, 0.2) is 0 Å². The van der Waals surface area contributed by atoms with Crippen LogP contribution in [-0.4, -0.2) is 66.8 Å². The summed E-state index contributed by atoms with van der Waals surface area (Å²) >= 11 is 0. The van der Waals surface area contributed by atoms with Gasteiger partial charge in [-0.2, -0.15) is 0 Å². The van der Waals surface area contributed by atoms with E-state index >= 15 is 0 Å². The highest BCUT2D eigenvalue weighted by atomic mass is 16.5. The van der Waals surface area contributed by atoms with Crippen molar-refractivity contribution < 1.29 is 4.74 Å². The molecule has 128 valence electrons. The number of benzene rings is 1. The lowest BCUT2D eigenvalue weighted by Gasteiger charge is -2.46. The zero-order chi connectivity index (χ0) is 16.3. The van der Waals surface area contributed by atoms with E-state index in [0.717, 1.165) is 45.8 Å². The summed E-state index contributed by atoms with van der Waals surface area (Å²) in [6.45, 7) is 14.1. The SMILES string of the molecule is CC(C)(C)NCCN1CC2CN(Cc3ccccc3)CC(C1)O2. The Morgan fingerprint density at radius 3 is 2.22 bits per heavy atom. The van der Waals surface area contributed by atoms with Gasteiger partial charge in [0.25, 0.3) is 0 Å². The lowest BCUT2D eigenvalue weighted by Crippen LogP contribution is -2.60. The molecular formula is C19H31N3O. The minimum absolute atomic E-state index is 0.203. The lowest BCUT2D eigenvalue weighted by molar-refractivity contribution is -0.139. The Hall–Kier alpha value is -0.940. The van der Waals surface area contributed by atoms with Crippen molar-refractivity contribution in [1.82, 2.24) is 15.1 Å². The summed E-state index contributed by atoms with van der Waals surface area (Å²) in [4.78, 5) is 5.12. The third kappa shape index (κ3) is 5.28. The number of hydrogen-bond donors (Lipinski definition) is 1. The largest absolute Gasteiger partial charge is 0.370 e. The second-order valence-electron chi connectivity index (χ2n) is 8.00. The van der Waals surface area contributed by atoms with Crippen LogP contribution in [0.15, 0.2) is 30.3 Å². The maximum absolute atomic E-state index is 6.16. The highest BCUT2D eigenvalue weighted by Crippen LogP contribution is 2.20. The molecule has 2 aliphatic heterocycles. The molecular weight excluding hydrogens is 286 g/mol. The molecule has 2 atom stereocenters. The minimum atomic E-state index is 0.203. The van der Waals surface area contributed by atoms with Crippen LogP contribution in [0.4, 0.5) is 0 Å². The molecule has 23 heavy (non-hydrogen) atoms. The van der Waals surface area contributed by atoms with E-state index in [-0.39, 0.29) is 5.54 Å². The first-order valence-corrected chi connectivity index (χ1v) is 8.87. The Labute approximate surface area is 140 Å². The number of morpholine rings is 2. The molecule has 1 aromatic rings. The number of nitrogens with zero attached hydrogens (tertiary/aromatic N) is 2. The third-order valence-electron chi connectivity index (χ3n) is 4.56. The van der Waals surface area contributed by atoms with Gasteiger partial charge in [0.2, 0.25) is 0 Å². The number of ether oxygens (including phenoxy) is 1. The van der Waals surface area contributed by atoms with Gasteiger partial charge in [-0.3, -0.25) is 9.80 Å². The van der Waals surface area contributed by atoms with Gasteiger partial charge in [0, 0.05) is 51.4 Å². The van der Waals surface area contributed by atoms with Crippen molar-refractivity contribution in [2.75, 3.05) is 39.3 Å². The molecule has 0 radical (unpaired) electrons. The molecule has 1 N–H and O–H groups in total. The molecule has 0 aromatic heterocycles. The average Bonchev–Trinajstić information content (AvgIpc) is 2.46. The van der Waals surface area contributed by atoms with Crippen LogP contribution < -0.4 is 5.32 Å². The molecule has 2 saturated heterocycles. The Bertz CT molecular complexity index is 471. The monoisotopic (exact) mass is 317 g/mol.